The van der Waals surface area contributed by atoms with Crippen LogP contribution in [0, 0.1) is 0 Å². The second-order valence-electron chi connectivity index (χ2n) is 14.8. The van der Waals surface area contributed by atoms with Crippen LogP contribution in [0.4, 0.5) is 17.1 Å². The molecule has 0 fully saturated rings. The molecule has 11 rings (SSSR count). The second-order valence-corrected chi connectivity index (χ2v) is 14.8. The fraction of sp³-hybridized carbons (Fsp3) is 0.0182. The van der Waals surface area contributed by atoms with E-state index in [-0.39, 0.29) is 0 Å². The Balaban J connectivity index is 0.998. The van der Waals surface area contributed by atoms with Crippen molar-refractivity contribution in [3.05, 3.63) is 241 Å². The van der Waals surface area contributed by atoms with Gasteiger partial charge in [0, 0.05) is 39.3 Å². The van der Waals surface area contributed by atoms with Crippen molar-refractivity contribution >= 4 is 17.1 Å². The van der Waals surface area contributed by atoms with Crippen molar-refractivity contribution in [1.29, 1.82) is 0 Å². The van der Waals surface area contributed by atoms with Gasteiger partial charge in [-0.3, -0.25) is 0 Å². The number of ether oxygens (including phenoxy) is 1. The zero-order valence-corrected chi connectivity index (χ0v) is 31.2. The summed E-state index contributed by atoms with van der Waals surface area (Å²) >= 11 is 0. The quantitative estimate of drug-likeness (QED) is 0.169. The van der Waals surface area contributed by atoms with E-state index in [1.165, 1.54) is 55.6 Å². The molecule has 9 aromatic rings. The molecule has 0 unspecified atom stereocenters. The topological polar surface area (TPSA) is 12.5 Å². The minimum atomic E-state index is -0.730. The Morgan fingerprint density at radius 3 is 1.16 bits per heavy atom. The lowest BCUT2D eigenvalue weighted by molar-refractivity contribution is 0.157. The zero-order valence-electron chi connectivity index (χ0n) is 31.2. The number of fused-ring (bicyclic) bond motifs is 9. The van der Waals surface area contributed by atoms with E-state index in [2.05, 4.69) is 229 Å². The lowest BCUT2D eigenvalue weighted by Crippen LogP contribution is -2.36. The predicted molar refractivity (Wildman–Crippen MR) is 235 cm³/mol. The van der Waals surface area contributed by atoms with E-state index < -0.39 is 5.60 Å². The summed E-state index contributed by atoms with van der Waals surface area (Å²) in [6, 6.07) is 80.7. The maximum Gasteiger partial charge on any atom is 0.186 e. The summed E-state index contributed by atoms with van der Waals surface area (Å²) in [5, 5.41) is 0. The number of anilines is 3. The maximum absolute atomic E-state index is 7.19. The zero-order chi connectivity index (χ0) is 37.8. The van der Waals surface area contributed by atoms with Crippen LogP contribution in [0.5, 0.6) is 5.75 Å². The van der Waals surface area contributed by atoms with Crippen molar-refractivity contribution in [3.8, 4) is 61.4 Å². The second kappa shape index (κ2) is 13.4. The maximum atomic E-state index is 7.19. The van der Waals surface area contributed by atoms with Gasteiger partial charge in [0.2, 0.25) is 0 Å². The van der Waals surface area contributed by atoms with Gasteiger partial charge in [0.05, 0.1) is 0 Å². The van der Waals surface area contributed by atoms with E-state index in [1.807, 2.05) is 0 Å². The van der Waals surface area contributed by atoms with Gasteiger partial charge in [0.1, 0.15) is 5.75 Å². The van der Waals surface area contributed by atoms with Crippen molar-refractivity contribution in [2.24, 2.45) is 0 Å². The molecule has 0 atom stereocenters. The third-order valence-electron chi connectivity index (χ3n) is 11.7. The van der Waals surface area contributed by atoms with Crippen LogP contribution in [-0.4, -0.2) is 0 Å². The summed E-state index contributed by atoms with van der Waals surface area (Å²) in [6.45, 7) is 0. The SMILES string of the molecule is c1ccc(-c2ccc(N(c3ccc(-c4ccccc4)cc3)c3ccc(-c4ccc5c(c4)-c4ccccc4OC54c5ccccc5-c5ccccc54)cc3)cc2)cc1. The monoisotopic (exact) mass is 727 g/mol. The average molecular weight is 728 g/mol. The van der Waals surface area contributed by atoms with Gasteiger partial charge in [-0.25, -0.2) is 0 Å². The number of rotatable bonds is 6. The van der Waals surface area contributed by atoms with E-state index >= 15 is 0 Å². The third-order valence-corrected chi connectivity index (χ3v) is 11.7. The summed E-state index contributed by atoms with van der Waals surface area (Å²) in [5.74, 6) is 0.899. The normalized spacial score (nSPS) is 12.8. The van der Waals surface area contributed by atoms with Gasteiger partial charge in [-0.2, -0.15) is 0 Å². The molecule has 9 aromatic carbocycles. The summed E-state index contributed by atoms with van der Waals surface area (Å²) in [7, 11) is 0. The molecular formula is C55H37NO. The molecule has 0 aromatic heterocycles. The van der Waals surface area contributed by atoms with Crippen LogP contribution in [0.25, 0.3) is 55.6 Å². The Bertz CT molecular complexity index is 2770. The first kappa shape index (κ1) is 33.0. The molecule has 2 heteroatoms. The highest BCUT2D eigenvalue weighted by molar-refractivity contribution is 5.90. The standard InChI is InChI=1S/C55H37NO/c1-3-13-38(14-4-1)40-23-30-44(31-24-40)56(45-32-25-41(26-33-45)39-15-5-2-6-16-39)46-34-27-42(28-35-46)43-29-36-53-50(37-43)49-19-9-12-22-54(49)57-55(53)51-20-10-7-17-47(51)48-18-8-11-21-52(48)55/h1-37H. The summed E-state index contributed by atoms with van der Waals surface area (Å²) in [4.78, 5) is 2.34. The molecule has 57 heavy (non-hydrogen) atoms. The van der Waals surface area contributed by atoms with Gasteiger partial charge in [-0.15, -0.1) is 0 Å². The fourth-order valence-corrected chi connectivity index (χ4v) is 8.96. The first-order valence-electron chi connectivity index (χ1n) is 19.6. The molecule has 0 bridgehead atoms. The van der Waals surface area contributed by atoms with Gasteiger partial charge in [0.15, 0.2) is 5.60 Å². The van der Waals surface area contributed by atoms with E-state index in [4.69, 9.17) is 4.74 Å². The van der Waals surface area contributed by atoms with Crippen molar-refractivity contribution in [2.45, 2.75) is 5.60 Å². The van der Waals surface area contributed by atoms with Crippen molar-refractivity contribution in [2.75, 3.05) is 4.90 Å². The number of hydrogen-bond donors (Lipinski definition) is 0. The Kier molecular flexibility index (Phi) is 7.75. The predicted octanol–water partition coefficient (Wildman–Crippen LogP) is 14.5. The molecule has 1 aliphatic carbocycles. The summed E-state index contributed by atoms with van der Waals surface area (Å²) in [6.07, 6.45) is 0. The van der Waals surface area contributed by atoms with E-state index in [0.29, 0.717) is 0 Å². The highest BCUT2D eigenvalue weighted by Crippen LogP contribution is 2.58. The lowest BCUT2D eigenvalue weighted by atomic mass is 9.77. The van der Waals surface area contributed by atoms with Gasteiger partial charge in [-0.05, 0) is 98.6 Å². The first-order valence-corrected chi connectivity index (χ1v) is 19.6. The van der Waals surface area contributed by atoms with Crippen LogP contribution in [0.15, 0.2) is 224 Å². The first-order chi connectivity index (χ1) is 28.2. The van der Waals surface area contributed by atoms with Crippen LogP contribution < -0.4 is 9.64 Å². The summed E-state index contributed by atoms with van der Waals surface area (Å²) < 4.78 is 7.19. The Hall–Kier alpha value is -7.42. The number of hydrogen-bond acceptors (Lipinski definition) is 2. The number of nitrogens with zero attached hydrogens (tertiary/aromatic N) is 1. The minimum Gasteiger partial charge on any atom is -0.472 e. The molecule has 1 spiro atoms. The molecule has 0 saturated carbocycles. The Morgan fingerprint density at radius 1 is 0.281 bits per heavy atom. The number of para-hydroxylation sites is 1. The van der Waals surface area contributed by atoms with Crippen LogP contribution in [-0.2, 0) is 5.60 Å². The Labute approximate surface area is 333 Å². The van der Waals surface area contributed by atoms with Gasteiger partial charge < -0.3 is 9.64 Å². The van der Waals surface area contributed by atoms with Crippen molar-refractivity contribution in [1.82, 2.24) is 0 Å². The fourth-order valence-electron chi connectivity index (χ4n) is 8.96. The summed E-state index contributed by atoms with van der Waals surface area (Å²) in [5.41, 5.74) is 18.0. The van der Waals surface area contributed by atoms with Crippen LogP contribution in [0.1, 0.15) is 16.7 Å². The molecule has 0 N–H and O–H groups in total. The largest absolute Gasteiger partial charge is 0.472 e. The average Bonchev–Trinajstić information content (AvgIpc) is 3.57. The molecule has 0 saturated heterocycles. The van der Waals surface area contributed by atoms with Crippen LogP contribution >= 0.6 is 0 Å². The van der Waals surface area contributed by atoms with Gasteiger partial charge in [-0.1, -0.05) is 176 Å². The molecular weight excluding hydrogens is 691 g/mol. The number of benzene rings is 9. The molecule has 268 valence electrons. The van der Waals surface area contributed by atoms with Crippen molar-refractivity contribution in [3.63, 3.8) is 0 Å². The third kappa shape index (κ3) is 5.41. The van der Waals surface area contributed by atoms with E-state index in [9.17, 15) is 0 Å². The van der Waals surface area contributed by atoms with Crippen LogP contribution in [0.3, 0.4) is 0 Å². The highest BCUT2D eigenvalue weighted by Gasteiger charge is 2.50. The molecule has 2 nitrogen and oxygen atoms in total. The Morgan fingerprint density at radius 2 is 0.649 bits per heavy atom. The minimum absolute atomic E-state index is 0.730. The van der Waals surface area contributed by atoms with Gasteiger partial charge in [0.25, 0.3) is 0 Å². The van der Waals surface area contributed by atoms with Crippen LogP contribution in [0.2, 0.25) is 0 Å². The molecule has 2 aliphatic rings. The van der Waals surface area contributed by atoms with E-state index in [1.54, 1.807) is 0 Å². The molecule has 1 aliphatic heterocycles. The highest BCUT2D eigenvalue weighted by atomic mass is 16.5. The molecule has 0 radical (unpaired) electrons. The van der Waals surface area contributed by atoms with Gasteiger partial charge >= 0.3 is 0 Å². The molecule has 0 amide bonds. The lowest BCUT2D eigenvalue weighted by Gasteiger charge is -2.39. The van der Waals surface area contributed by atoms with E-state index in [0.717, 1.165) is 39.5 Å². The smallest absolute Gasteiger partial charge is 0.186 e. The molecule has 1 heterocycles. The van der Waals surface area contributed by atoms with Crippen molar-refractivity contribution < 1.29 is 4.74 Å².